The number of nitrogens with one attached hydrogen (secondary N) is 1. The van der Waals surface area contributed by atoms with Crippen LogP contribution < -0.4 is 10.1 Å². The van der Waals surface area contributed by atoms with E-state index in [9.17, 15) is 13.2 Å². The zero-order chi connectivity index (χ0) is 24.1. The third-order valence-corrected chi connectivity index (χ3v) is 8.42. The highest BCUT2D eigenvalue weighted by Crippen LogP contribution is 2.30. The Morgan fingerprint density at radius 1 is 1.06 bits per heavy atom. The van der Waals surface area contributed by atoms with Gasteiger partial charge < -0.3 is 14.8 Å². The molecule has 0 bridgehead atoms. The molecule has 0 radical (unpaired) electrons. The van der Waals surface area contributed by atoms with Crippen LogP contribution in [0.15, 0.2) is 47.4 Å². The predicted molar refractivity (Wildman–Crippen MR) is 131 cm³/mol. The van der Waals surface area contributed by atoms with Crippen molar-refractivity contribution >= 4 is 21.6 Å². The number of methoxy groups -OCH3 is 1. The number of amides is 1. The second-order valence-electron chi connectivity index (χ2n) is 8.99. The fourth-order valence-electron chi connectivity index (χ4n) is 4.32. The van der Waals surface area contributed by atoms with Crippen molar-refractivity contribution in [3.05, 3.63) is 53.6 Å². The lowest BCUT2D eigenvalue weighted by Crippen LogP contribution is -2.40. The van der Waals surface area contributed by atoms with Crippen molar-refractivity contribution in [2.24, 2.45) is 5.92 Å². The van der Waals surface area contributed by atoms with E-state index in [1.807, 2.05) is 12.1 Å². The van der Waals surface area contributed by atoms with Crippen LogP contribution in [0.25, 0.3) is 0 Å². The lowest BCUT2D eigenvalue weighted by Gasteiger charge is -2.30. The van der Waals surface area contributed by atoms with Crippen molar-refractivity contribution in [2.75, 3.05) is 51.8 Å². The molecule has 0 spiro atoms. The maximum atomic E-state index is 13.0. The van der Waals surface area contributed by atoms with Gasteiger partial charge in [-0.2, -0.15) is 4.31 Å². The minimum atomic E-state index is -3.69. The summed E-state index contributed by atoms with van der Waals surface area (Å²) in [6.07, 6.45) is 2.45. The molecule has 8 nitrogen and oxygen atoms in total. The molecule has 34 heavy (non-hydrogen) atoms. The Labute approximate surface area is 201 Å². The van der Waals surface area contributed by atoms with Crippen molar-refractivity contribution in [1.82, 2.24) is 9.21 Å². The molecule has 1 amide bonds. The standard InChI is InChI=1S/C25H33N3O5S/c1-19-9-11-27(12-10-19)18-20-3-5-21(6-4-20)25(29)26-23-17-22(7-8-24(23)32-2)34(30,31)28-13-15-33-16-14-28/h3-8,17,19H,9-16,18H2,1-2H3,(H,26,29). The summed E-state index contributed by atoms with van der Waals surface area (Å²) in [4.78, 5) is 15.5. The molecule has 2 saturated heterocycles. The van der Waals surface area contributed by atoms with Gasteiger partial charge in [0.1, 0.15) is 5.75 Å². The minimum Gasteiger partial charge on any atom is -0.495 e. The van der Waals surface area contributed by atoms with Gasteiger partial charge in [-0.05, 0) is 67.7 Å². The van der Waals surface area contributed by atoms with Gasteiger partial charge in [-0.15, -0.1) is 0 Å². The maximum absolute atomic E-state index is 13.0. The Balaban J connectivity index is 1.46. The van der Waals surface area contributed by atoms with Crippen LogP contribution in [0.2, 0.25) is 0 Å². The van der Waals surface area contributed by atoms with E-state index in [1.54, 1.807) is 18.2 Å². The molecule has 2 fully saturated rings. The third-order valence-electron chi connectivity index (χ3n) is 6.53. The van der Waals surface area contributed by atoms with E-state index in [2.05, 4.69) is 17.1 Å². The molecule has 0 saturated carbocycles. The predicted octanol–water partition coefficient (Wildman–Crippen LogP) is 3.20. The van der Waals surface area contributed by atoms with Gasteiger partial charge in [0.2, 0.25) is 10.0 Å². The monoisotopic (exact) mass is 487 g/mol. The van der Waals surface area contributed by atoms with Gasteiger partial charge in [0, 0.05) is 25.2 Å². The van der Waals surface area contributed by atoms with Crippen LogP contribution in [0.1, 0.15) is 35.7 Å². The van der Waals surface area contributed by atoms with Crippen molar-refractivity contribution in [1.29, 1.82) is 0 Å². The van der Waals surface area contributed by atoms with E-state index in [4.69, 9.17) is 9.47 Å². The van der Waals surface area contributed by atoms with Crippen LogP contribution in [0.4, 0.5) is 5.69 Å². The Morgan fingerprint density at radius 2 is 1.74 bits per heavy atom. The number of nitrogens with zero attached hydrogens (tertiary/aromatic N) is 2. The van der Waals surface area contributed by atoms with Gasteiger partial charge in [-0.3, -0.25) is 9.69 Å². The normalized spacial score (nSPS) is 18.5. The number of hydrogen-bond donors (Lipinski definition) is 1. The maximum Gasteiger partial charge on any atom is 0.255 e. The number of carbonyl (C=O) groups is 1. The quantitative estimate of drug-likeness (QED) is 0.645. The van der Waals surface area contributed by atoms with Crippen LogP contribution >= 0.6 is 0 Å². The second kappa shape index (κ2) is 10.9. The number of ether oxygens (including phenoxy) is 2. The van der Waals surface area contributed by atoms with Gasteiger partial charge in [-0.25, -0.2) is 8.42 Å². The molecule has 2 aromatic rings. The highest BCUT2D eigenvalue weighted by atomic mass is 32.2. The van der Waals surface area contributed by atoms with E-state index in [1.165, 1.54) is 42.0 Å². The lowest BCUT2D eigenvalue weighted by molar-refractivity contribution is 0.0730. The molecule has 9 heteroatoms. The minimum absolute atomic E-state index is 0.108. The number of likely N-dealkylation sites (tertiary alicyclic amines) is 1. The highest BCUT2D eigenvalue weighted by Gasteiger charge is 2.27. The number of anilines is 1. The van der Waals surface area contributed by atoms with Gasteiger partial charge in [0.25, 0.3) is 5.91 Å². The summed E-state index contributed by atoms with van der Waals surface area (Å²) in [5, 5.41) is 2.82. The first-order valence-corrected chi connectivity index (χ1v) is 13.2. The first kappa shape index (κ1) is 24.7. The Hall–Kier alpha value is -2.46. The van der Waals surface area contributed by atoms with Crippen molar-refractivity contribution < 1.29 is 22.7 Å². The van der Waals surface area contributed by atoms with Crippen LogP contribution in [-0.4, -0.2) is 70.0 Å². The second-order valence-corrected chi connectivity index (χ2v) is 10.9. The summed E-state index contributed by atoms with van der Waals surface area (Å²) >= 11 is 0. The topological polar surface area (TPSA) is 88.2 Å². The number of carbonyl (C=O) groups excluding carboxylic acids is 1. The number of hydrogen-bond acceptors (Lipinski definition) is 6. The summed E-state index contributed by atoms with van der Waals surface area (Å²) in [7, 11) is -2.21. The smallest absolute Gasteiger partial charge is 0.255 e. The van der Waals surface area contributed by atoms with Gasteiger partial charge in [0.05, 0.1) is 30.9 Å². The average molecular weight is 488 g/mol. The fourth-order valence-corrected chi connectivity index (χ4v) is 5.75. The average Bonchev–Trinajstić information content (AvgIpc) is 2.86. The van der Waals surface area contributed by atoms with E-state index in [-0.39, 0.29) is 10.8 Å². The molecular weight excluding hydrogens is 454 g/mol. The largest absolute Gasteiger partial charge is 0.495 e. The van der Waals surface area contributed by atoms with Crippen LogP contribution in [0, 0.1) is 5.92 Å². The molecule has 2 heterocycles. The number of benzene rings is 2. The Kier molecular flexibility index (Phi) is 7.88. The molecule has 2 aliphatic rings. The van der Waals surface area contributed by atoms with Crippen LogP contribution in [-0.2, 0) is 21.3 Å². The number of rotatable bonds is 7. The molecule has 0 unspecified atom stereocenters. The van der Waals surface area contributed by atoms with Gasteiger partial charge in [0.15, 0.2) is 0 Å². The third kappa shape index (κ3) is 5.78. The molecule has 0 aliphatic carbocycles. The summed E-state index contributed by atoms with van der Waals surface area (Å²) in [6, 6.07) is 12.1. The van der Waals surface area contributed by atoms with E-state index >= 15 is 0 Å². The van der Waals surface area contributed by atoms with Gasteiger partial charge in [-0.1, -0.05) is 19.1 Å². The van der Waals surface area contributed by atoms with Crippen molar-refractivity contribution in [3.63, 3.8) is 0 Å². The zero-order valence-corrected chi connectivity index (χ0v) is 20.6. The van der Waals surface area contributed by atoms with E-state index < -0.39 is 10.0 Å². The summed E-state index contributed by atoms with van der Waals surface area (Å²) < 4.78 is 38.1. The molecule has 2 aromatic carbocycles. The Bertz CT molecular complexity index is 1090. The van der Waals surface area contributed by atoms with Crippen LogP contribution in [0.3, 0.4) is 0 Å². The van der Waals surface area contributed by atoms with Crippen molar-refractivity contribution in [2.45, 2.75) is 31.2 Å². The molecule has 0 aromatic heterocycles. The molecule has 4 rings (SSSR count). The molecule has 1 N–H and O–H groups in total. The zero-order valence-electron chi connectivity index (χ0n) is 19.8. The number of piperidine rings is 1. The summed E-state index contributed by atoms with van der Waals surface area (Å²) in [6.45, 7) is 6.73. The lowest BCUT2D eigenvalue weighted by atomic mass is 9.99. The number of morpholine rings is 1. The van der Waals surface area contributed by atoms with Gasteiger partial charge >= 0.3 is 0 Å². The van der Waals surface area contributed by atoms with Crippen LogP contribution in [0.5, 0.6) is 5.75 Å². The molecular formula is C25H33N3O5S. The molecule has 0 atom stereocenters. The molecule has 2 aliphatic heterocycles. The Morgan fingerprint density at radius 3 is 2.38 bits per heavy atom. The first-order valence-electron chi connectivity index (χ1n) is 11.8. The fraction of sp³-hybridized carbons (Fsp3) is 0.480. The molecule has 184 valence electrons. The SMILES string of the molecule is COc1ccc(S(=O)(=O)N2CCOCC2)cc1NC(=O)c1ccc(CN2CCC(C)CC2)cc1. The first-order chi connectivity index (χ1) is 16.4. The van der Waals surface area contributed by atoms with Crippen molar-refractivity contribution in [3.8, 4) is 5.75 Å². The highest BCUT2D eigenvalue weighted by molar-refractivity contribution is 7.89. The summed E-state index contributed by atoms with van der Waals surface area (Å²) in [5.74, 6) is 0.865. The number of sulfonamides is 1. The summed E-state index contributed by atoms with van der Waals surface area (Å²) in [5.41, 5.74) is 1.98. The van der Waals surface area contributed by atoms with E-state index in [0.717, 1.165) is 25.6 Å². The van der Waals surface area contributed by atoms with E-state index in [0.29, 0.717) is 43.3 Å².